The minimum absolute atomic E-state index is 0.111. The molecule has 0 unspecified atom stereocenters. The number of carboxylic acids is 1. The molecule has 628 valence electrons. The number of hydrogen-bond acceptors (Lipinski definition) is 22. The largest absolute Gasteiger partial charge is 0.478 e. The van der Waals surface area contributed by atoms with Crippen molar-refractivity contribution in [2.45, 2.75) is 73.6 Å². The fourth-order valence-corrected chi connectivity index (χ4v) is 8.89. The van der Waals surface area contributed by atoms with Crippen molar-refractivity contribution < 1.29 is 76.7 Å². The van der Waals surface area contributed by atoms with Gasteiger partial charge in [-0.15, -0.1) is 0 Å². The molecule has 0 aliphatic carbocycles. The Balaban J connectivity index is 0.000000299. The predicted molar refractivity (Wildman–Crippen MR) is 460 cm³/mol. The number of carboxylic acid groups (broad SMARTS) is 1. The normalized spacial score (nSPS) is 9.60. The molecule has 31 nitrogen and oxygen atoms in total. The molecule has 4 heterocycles. The van der Waals surface area contributed by atoms with Crippen LogP contribution < -0.4 is 69.2 Å². The van der Waals surface area contributed by atoms with E-state index in [-0.39, 0.29) is 41.5 Å². The Kier molecular flexibility index (Phi) is 47.8. The smallest absolute Gasteiger partial charge is 0.417 e. The van der Waals surface area contributed by atoms with E-state index in [1.807, 2.05) is 67.6 Å². The van der Waals surface area contributed by atoms with Gasteiger partial charge in [-0.3, -0.25) is 30.0 Å². The fourth-order valence-electron chi connectivity index (χ4n) is 8.80. The summed E-state index contributed by atoms with van der Waals surface area (Å²) in [6, 6.07) is 63.4. The molecule has 0 radical (unpaired) electrons. The van der Waals surface area contributed by atoms with Gasteiger partial charge in [-0.1, -0.05) is 50.2 Å². The summed E-state index contributed by atoms with van der Waals surface area (Å²) in [5.74, 6) is -1.27. The van der Waals surface area contributed by atoms with Gasteiger partial charge in [0.2, 0.25) is 0 Å². The van der Waals surface area contributed by atoms with Gasteiger partial charge in [0.15, 0.2) is 0 Å². The first kappa shape index (κ1) is 97.4. The quantitative estimate of drug-likeness (QED) is 0.0116. The Morgan fingerprint density at radius 1 is 0.358 bits per heavy atom. The summed E-state index contributed by atoms with van der Waals surface area (Å²) >= 11 is 4.95. The molecule has 120 heavy (non-hydrogen) atoms. The van der Waals surface area contributed by atoms with Crippen LogP contribution in [0.5, 0.6) is 11.5 Å². The van der Waals surface area contributed by atoms with Gasteiger partial charge in [0.05, 0.1) is 42.1 Å². The number of halogens is 1. The Bertz CT molecular complexity index is 4800. The van der Waals surface area contributed by atoms with Gasteiger partial charge in [-0.2, -0.15) is 0 Å². The van der Waals surface area contributed by atoms with Crippen LogP contribution in [0, 0.1) is 0 Å². The molecule has 0 fully saturated rings. The molecule has 0 saturated carbocycles. The molecule has 0 saturated heterocycles. The van der Waals surface area contributed by atoms with E-state index >= 15 is 0 Å². The zero-order valence-electron chi connectivity index (χ0n) is 66.8. The first-order valence-corrected chi connectivity index (χ1v) is 37.8. The average molecular weight is 1660 g/mol. The van der Waals surface area contributed by atoms with Crippen molar-refractivity contribution in [3.05, 3.63) is 330 Å². The van der Waals surface area contributed by atoms with Crippen LogP contribution in [0.1, 0.15) is 122 Å². The number of amides is 8. The summed E-state index contributed by atoms with van der Waals surface area (Å²) in [4.78, 5) is 129. The number of ether oxygens (including phenoxy) is 5. The minimum atomic E-state index is -1.00. The summed E-state index contributed by atoms with van der Waals surface area (Å²) in [5, 5.41) is 30.4. The first-order chi connectivity index (χ1) is 58.1. The highest BCUT2D eigenvalue weighted by molar-refractivity contribution is 6.61. The van der Waals surface area contributed by atoms with Crippen molar-refractivity contribution >= 4 is 99.4 Å². The van der Waals surface area contributed by atoms with E-state index < -0.39 is 23.5 Å². The maximum atomic E-state index is 11.8. The Labute approximate surface area is 700 Å². The molecule has 0 atom stereocenters. The molecular formula is C88H98ClN15O16. The third-order valence-electron chi connectivity index (χ3n) is 14.8. The van der Waals surface area contributed by atoms with Crippen LogP contribution in [0.4, 0.5) is 52.4 Å². The Morgan fingerprint density at radius 2 is 0.658 bits per heavy atom. The lowest BCUT2D eigenvalue weighted by molar-refractivity contribution is 0.0517. The van der Waals surface area contributed by atoms with Crippen LogP contribution in [0.25, 0.3) is 0 Å². The number of aromatic nitrogens is 4. The van der Waals surface area contributed by atoms with Crippen LogP contribution in [-0.2, 0) is 40.4 Å². The highest BCUT2D eigenvalue weighted by Gasteiger charge is 2.13. The summed E-state index contributed by atoms with van der Waals surface area (Å²) < 4.78 is 24.2. The van der Waals surface area contributed by atoms with Crippen LogP contribution in [-0.4, -0.2) is 117 Å². The van der Waals surface area contributed by atoms with Gasteiger partial charge in [0.25, 0.3) is 5.91 Å². The number of nitrogens with two attached hydrogens (primary N) is 3. The molecule has 0 bridgehead atoms. The lowest BCUT2D eigenvalue weighted by Crippen LogP contribution is -2.28. The Morgan fingerprint density at radius 3 is 0.950 bits per heavy atom. The number of esters is 3. The van der Waals surface area contributed by atoms with Crippen molar-refractivity contribution in [2.24, 2.45) is 11.5 Å². The summed E-state index contributed by atoms with van der Waals surface area (Å²) in [5.41, 5.74) is 24.1. The molecule has 32 heteroatoms. The predicted octanol–water partition coefficient (Wildman–Crippen LogP) is 15.5. The van der Waals surface area contributed by atoms with Crippen LogP contribution in [0.15, 0.2) is 280 Å². The van der Waals surface area contributed by atoms with Crippen LogP contribution in [0.3, 0.4) is 0 Å². The molecule has 11 aromatic rings. The number of carbonyl (C=O) groups excluding carboxylic acids is 9. The summed E-state index contributed by atoms with van der Waals surface area (Å²) in [7, 11) is 0. The topological polar surface area (TPSA) is 463 Å². The number of nitrogens with zero attached hydrogens (tertiary/aromatic N) is 4. The second-order valence-corrected chi connectivity index (χ2v) is 24.3. The number of para-hydroxylation sites is 2. The van der Waals surface area contributed by atoms with E-state index in [1.165, 1.54) is 24.3 Å². The zero-order valence-corrected chi connectivity index (χ0v) is 67.6. The second kappa shape index (κ2) is 58.8. The number of nitrogen functional groups attached to an aromatic ring is 1. The molecule has 15 N–H and O–H groups in total. The molecule has 0 aliphatic rings. The fraction of sp³-hybridized carbons (Fsp3) is 0.182. The van der Waals surface area contributed by atoms with Gasteiger partial charge < -0.3 is 83.2 Å². The van der Waals surface area contributed by atoms with Crippen LogP contribution in [0.2, 0.25) is 0 Å². The highest BCUT2D eigenvalue weighted by atomic mass is 35.5. The number of urea groups is 3. The zero-order chi connectivity index (χ0) is 87.3. The monoisotopic (exact) mass is 1660 g/mol. The number of anilines is 5. The molecule has 0 spiro atoms. The van der Waals surface area contributed by atoms with Crippen molar-refractivity contribution in [2.75, 3.05) is 59.9 Å². The lowest BCUT2D eigenvalue weighted by Gasteiger charge is -2.08. The SMILES string of the molecule is CCCN.CCCNC(=O)c1ccc(NC(=O)NCc2ccncc2)cc1.CCOC(=O)c1ccc(N)cc1.CCOC(=O)c1ccc(NC(=O)NCc2ccncc2)cc1.CCOC(=O)c1ccc(NC(=O)Oc2ccccc2)cc1.NCc1ccncc1.O=C(Cl)Oc1ccccc1.O=C(NCc1ccncc1)Nc1ccc(C(=O)O)cc1. The molecule has 11 rings (SSSR count). The lowest BCUT2D eigenvalue weighted by atomic mass is 10.2. The van der Waals surface area contributed by atoms with E-state index in [9.17, 15) is 47.9 Å². The molecular weight excluding hydrogens is 1560 g/mol. The summed E-state index contributed by atoms with van der Waals surface area (Å²) in [6.45, 7) is 13.7. The number of pyridine rings is 4. The van der Waals surface area contributed by atoms with Gasteiger partial charge in [-0.05, 0) is 257 Å². The highest BCUT2D eigenvalue weighted by Crippen LogP contribution is 2.17. The first-order valence-electron chi connectivity index (χ1n) is 37.4. The standard InChI is InChI=1S/C17H20N4O2.C16H17N3O3.C16H15NO4.C14H13N3O3.C9H11NO2.C7H5ClO2.C6H8N2.C3H9N/c1-2-9-19-16(22)14-3-5-15(6-4-14)21-17(23)20-12-13-7-10-18-11-8-13;1-2-22-15(20)13-3-5-14(6-4-13)19-16(21)18-11-12-7-9-17-10-8-12;1-2-20-15(18)12-8-10-13(11-9-12)17-16(19)21-14-6-4-3-5-7-14;18-13(19)11-1-3-12(4-2-11)17-14(20)16-9-10-5-7-15-8-6-10;1-2-12-9(11)7-3-5-8(10)6-4-7;8-7(9)10-6-4-2-1-3-5-6;7-5-6-1-3-8-4-2-6;1-2-3-4/h3-8,10-11H,2,9,12H2,1H3,(H,19,22)(H2,20,21,23);3-10H,2,11H2,1H3,(H2,18,19,21);3-11H,2H2,1H3,(H,17,19);1-8H,9H2,(H,18,19)(H2,16,17,20);3-6H,2,10H2,1H3;1-5H;1-4H,5,7H2;2-4H2,1H3. The van der Waals surface area contributed by atoms with E-state index in [0.29, 0.717) is 115 Å². The molecule has 0 aliphatic heterocycles. The average Bonchev–Trinajstić information content (AvgIpc) is 0.894. The number of benzene rings is 7. The summed E-state index contributed by atoms with van der Waals surface area (Å²) in [6.07, 6.45) is 14.9. The van der Waals surface area contributed by atoms with Crippen molar-refractivity contribution in [1.82, 2.24) is 41.2 Å². The maximum Gasteiger partial charge on any atom is 0.417 e. The molecule has 8 amide bonds. The number of carbonyl (C=O) groups is 10. The van der Waals surface area contributed by atoms with Gasteiger partial charge >= 0.3 is 53.5 Å². The van der Waals surface area contributed by atoms with E-state index in [0.717, 1.165) is 41.6 Å². The minimum Gasteiger partial charge on any atom is -0.478 e. The third kappa shape index (κ3) is 43.0. The van der Waals surface area contributed by atoms with Crippen molar-refractivity contribution in [3.8, 4) is 11.5 Å². The third-order valence-corrected chi connectivity index (χ3v) is 14.9. The number of aromatic carboxylic acids is 1. The Hall–Kier alpha value is -15.0. The van der Waals surface area contributed by atoms with Crippen LogP contribution >= 0.6 is 11.6 Å². The number of nitrogens with one attached hydrogen (secondary N) is 8. The van der Waals surface area contributed by atoms with Gasteiger partial charge in [-0.25, -0.2) is 43.2 Å². The maximum absolute atomic E-state index is 11.8. The van der Waals surface area contributed by atoms with Crippen molar-refractivity contribution in [3.63, 3.8) is 0 Å². The van der Waals surface area contributed by atoms with Gasteiger partial charge in [0, 0.05) is 128 Å². The second-order valence-electron chi connectivity index (χ2n) is 24.0. The van der Waals surface area contributed by atoms with Crippen molar-refractivity contribution in [1.29, 1.82) is 0 Å². The van der Waals surface area contributed by atoms with E-state index in [4.69, 9.17) is 52.9 Å². The number of hydrogen-bond donors (Lipinski definition) is 12. The number of rotatable bonds is 24. The molecule has 4 aromatic heterocycles. The van der Waals surface area contributed by atoms with E-state index in [2.05, 4.69) is 74.1 Å². The van der Waals surface area contributed by atoms with Gasteiger partial charge in [0.1, 0.15) is 11.5 Å². The van der Waals surface area contributed by atoms with E-state index in [1.54, 1.807) is 216 Å². The molecule has 7 aromatic carbocycles.